The molecule has 0 atom stereocenters. The maximum Gasteiger partial charge on any atom is 0.107 e. The molecule has 108 valence electrons. The highest BCUT2D eigenvalue weighted by molar-refractivity contribution is 7.09. The second kappa shape index (κ2) is 5.90. The smallest absolute Gasteiger partial charge is 0.107 e. The van der Waals surface area contributed by atoms with Gasteiger partial charge in [0.1, 0.15) is 5.01 Å². The topological polar surface area (TPSA) is 34.1 Å². The van der Waals surface area contributed by atoms with E-state index in [0.29, 0.717) is 5.41 Å². The van der Waals surface area contributed by atoms with Gasteiger partial charge in [0, 0.05) is 37.6 Å². The van der Waals surface area contributed by atoms with E-state index in [1.165, 1.54) is 30.0 Å². The van der Waals surface area contributed by atoms with Gasteiger partial charge < -0.3 is 10.1 Å². The van der Waals surface area contributed by atoms with E-state index in [9.17, 15) is 0 Å². The summed E-state index contributed by atoms with van der Waals surface area (Å²) < 4.78 is 5.19. The zero-order valence-corrected chi connectivity index (χ0v) is 13.4. The maximum atomic E-state index is 5.19. The van der Waals surface area contributed by atoms with Gasteiger partial charge in [-0.2, -0.15) is 0 Å². The molecule has 0 bridgehead atoms. The van der Waals surface area contributed by atoms with Crippen molar-refractivity contribution in [3.63, 3.8) is 0 Å². The molecule has 0 aromatic carbocycles. The van der Waals surface area contributed by atoms with Crippen LogP contribution in [0.2, 0.25) is 0 Å². The molecule has 3 nitrogen and oxygen atoms in total. The highest BCUT2D eigenvalue weighted by atomic mass is 32.1. The third-order valence-corrected chi connectivity index (χ3v) is 4.74. The zero-order valence-electron chi connectivity index (χ0n) is 12.6. The SMILES string of the molecule is COCCC1(CNCc2nc(C(C)(C)C)cs2)CC1. The van der Waals surface area contributed by atoms with E-state index in [2.05, 4.69) is 31.5 Å². The van der Waals surface area contributed by atoms with Gasteiger partial charge in [-0.15, -0.1) is 11.3 Å². The van der Waals surface area contributed by atoms with Gasteiger partial charge in [0.05, 0.1) is 5.69 Å². The van der Waals surface area contributed by atoms with Crippen molar-refractivity contribution in [2.45, 2.75) is 52.0 Å². The fourth-order valence-electron chi connectivity index (χ4n) is 2.18. The number of ether oxygens (including phenoxy) is 1. The third-order valence-electron chi connectivity index (χ3n) is 3.89. The lowest BCUT2D eigenvalue weighted by Crippen LogP contribution is -2.24. The lowest BCUT2D eigenvalue weighted by atomic mass is 9.93. The Kier molecular flexibility index (Phi) is 4.64. The molecule has 2 rings (SSSR count). The summed E-state index contributed by atoms with van der Waals surface area (Å²) in [4.78, 5) is 4.71. The number of nitrogens with zero attached hydrogens (tertiary/aromatic N) is 1. The summed E-state index contributed by atoms with van der Waals surface area (Å²) in [6, 6.07) is 0. The third kappa shape index (κ3) is 4.26. The molecule has 0 amide bonds. The molecule has 1 heterocycles. The molecule has 1 aliphatic carbocycles. The molecule has 1 fully saturated rings. The Hall–Kier alpha value is -0.450. The van der Waals surface area contributed by atoms with Crippen molar-refractivity contribution in [2.75, 3.05) is 20.3 Å². The number of aromatic nitrogens is 1. The van der Waals surface area contributed by atoms with Crippen molar-refractivity contribution in [3.05, 3.63) is 16.1 Å². The van der Waals surface area contributed by atoms with Crippen LogP contribution in [0.5, 0.6) is 0 Å². The zero-order chi connectivity index (χ0) is 13.9. The minimum absolute atomic E-state index is 0.158. The van der Waals surface area contributed by atoms with Gasteiger partial charge in [0.25, 0.3) is 0 Å². The average Bonchev–Trinajstić information content (AvgIpc) is 2.92. The van der Waals surface area contributed by atoms with E-state index >= 15 is 0 Å². The van der Waals surface area contributed by atoms with Gasteiger partial charge in [-0.25, -0.2) is 4.98 Å². The molecule has 1 N–H and O–H groups in total. The second-order valence-electron chi connectivity index (χ2n) is 6.72. The summed E-state index contributed by atoms with van der Waals surface area (Å²) >= 11 is 1.77. The van der Waals surface area contributed by atoms with Gasteiger partial charge >= 0.3 is 0 Å². The summed E-state index contributed by atoms with van der Waals surface area (Å²) in [5.41, 5.74) is 1.88. The summed E-state index contributed by atoms with van der Waals surface area (Å²) in [6.45, 7) is 9.51. The molecule has 0 radical (unpaired) electrons. The van der Waals surface area contributed by atoms with Gasteiger partial charge in [0.15, 0.2) is 0 Å². The number of rotatable bonds is 7. The van der Waals surface area contributed by atoms with Crippen LogP contribution >= 0.6 is 11.3 Å². The van der Waals surface area contributed by atoms with Crippen LogP contribution in [0.3, 0.4) is 0 Å². The van der Waals surface area contributed by atoms with Crippen molar-refractivity contribution in [1.82, 2.24) is 10.3 Å². The Bertz CT molecular complexity index is 405. The Labute approximate surface area is 120 Å². The van der Waals surface area contributed by atoms with E-state index < -0.39 is 0 Å². The van der Waals surface area contributed by atoms with Gasteiger partial charge in [0.2, 0.25) is 0 Å². The molecule has 0 aliphatic heterocycles. The summed E-state index contributed by atoms with van der Waals surface area (Å²) in [7, 11) is 1.78. The van der Waals surface area contributed by atoms with Crippen LogP contribution in [0.25, 0.3) is 0 Å². The Balaban J connectivity index is 1.76. The van der Waals surface area contributed by atoms with Crippen molar-refractivity contribution >= 4 is 11.3 Å². The van der Waals surface area contributed by atoms with Crippen LogP contribution in [-0.2, 0) is 16.7 Å². The second-order valence-corrected chi connectivity index (χ2v) is 7.67. The first-order chi connectivity index (χ1) is 8.95. The predicted octanol–water partition coefficient (Wildman–Crippen LogP) is 3.35. The summed E-state index contributed by atoms with van der Waals surface area (Å²) in [6.07, 6.45) is 3.87. The van der Waals surface area contributed by atoms with Crippen LogP contribution in [0.4, 0.5) is 0 Å². The van der Waals surface area contributed by atoms with E-state index in [4.69, 9.17) is 9.72 Å². The number of hydrogen-bond acceptors (Lipinski definition) is 4. The van der Waals surface area contributed by atoms with Crippen LogP contribution < -0.4 is 5.32 Å². The molecule has 1 aromatic heterocycles. The van der Waals surface area contributed by atoms with Gasteiger partial charge in [-0.05, 0) is 24.7 Å². The minimum Gasteiger partial charge on any atom is -0.385 e. The van der Waals surface area contributed by atoms with E-state index in [1.807, 2.05) is 0 Å². The van der Waals surface area contributed by atoms with Gasteiger partial charge in [-0.1, -0.05) is 20.8 Å². The molecule has 0 saturated heterocycles. The molecule has 1 aromatic rings. The van der Waals surface area contributed by atoms with Crippen molar-refractivity contribution in [1.29, 1.82) is 0 Å². The lowest BCUT2D eigenvalue weighted by Gasteiger charge is -2.15. The van der Waals surface area contributed by atoms with Crippen LogP contribution in [-0.4, -0.2) is 25.2 Å². The fourth-order valence-corrected chi connectivity index (χ4v) is 3.17. The molecular formula is C15H26N2OS. The van der Waals surface area contributed by atoms with Crippen LogP contribution in [0, 0.1) is 5.41 Å². The van der Waals surface area contributed by atoms with E-state index in [1.54, 1.807) is 18.4 Å². The standard InChI is InChI=1S/C15H26N2OS/c1-14(2,3)12-10-19-13(17-12)9-16-11-15(5-6-15)7-8-18-4/h10,16H,5-9,11H2,1-4H3. The Morgan fingerprint density at radius 1 is 1.42 bits per heavy atom. The van der Waals surface area contributed by atoms with Crippen LogP contribution in [0.1, 0.15) is 50.7 Å². The summed E-state index contributed by atoms with van der Waals surface area (Å²) in [5.74, 6) is 0. The molecule has 19 heavy (non-hydrogen) atoms. The van der Waals surface area contributed by atoms with E-state index in [0.717, 1.165) is 19.7 Å². The Morgan fingerprint density at radius 2 is 2.16 bits per heavy atom. The number of methoxy groups -OCH3 is 1. The first kappa shape index (κ1) is 14.9. The molecule has 0 unspecified atom stereocenters. The first-order valence-corrected chi connectivity index (χ1v) is 7.98. The Morgan fingerprint density at radius 3 is 2.68 bits per heavy atom. The van der Waals surface area contributed by atoms with Crippen LogP contribution in [0.15, 0.2) is 5.38 Å². The monoisotopic (exact) mass is 282 g/mol. The predicted molar refractivity (Wildman–Crippen MR) is 80.7 cm³/mol. The molecule has 1 saturated carbocycles. The van der Waals surface area contributed by atoms with Crippen molar-refractivity contribution in [2.24, 2.45) is 5.41 Å². The highest BCUT2D eigenvalue weighted by Gasteiger charge is 2.41. The average molecular weight is 282 g/mol. The lowest BCUT2D eigenvalue weighted by molar-refractivity contribution is 0.171. The maximum absolute atomic E-state index is 5.19. The molecule has 0 spiro atoms. The van der Waals surface area contributed by atoms with Crippen molar-refractivity contribution < 1.29 is 4.74 Å². The van der Waals surface area contributed by atoms with Gasteiger partial charge in [-0.3, -0.25) is 0 Å². The molecule has 1 aliphatic rings. The van der Waals surface area contributed by atoms with E-state index in [-0.39, 0.29) is 5.41 Å². The number of nitrogens with one attached hydrogen (secondary N) is 1. The highest BCUT2D eigenvalue weighted by Crippen LogP contribution is 2.48. The minimum atomic E-state index is 0.158. The summed E-state index contributed by atoms with van der Waals surface area (Å²) in [5, 5.41) is 6.96. The molecule has 4 heteroatoms. The number of thiazole rings is 1. The quantitative estimate of drug-likeness (QED) is 0.833. The number of hydrogen-bond donors (Lipinski definition) is 1. The van der Waals surface area contributed by atoms with Crippen molar-refractivity contribution in [3.8, 4) is 0 Å². The first-order valence-electron chi connectivity index (χ1n) is 7.10. The normalized spacial score (nSPS) is 17.7. The largest absolute Gasteiger partial charge is 0.385 e. The fraction of sp³-hybridized carbons (Fsp3) is 0.800. The molecular weight excluding hydrogens is 256 g/mol.